The molecule has 1 atom stereocenters. The van der Waals surface area contributed by atoms with E-state index in [9.17, 15) is 9.59 Å². The first-order valence-electron chi connectivity index (χ1n) is 5.92. The largest absolute Gasteiger partial charge is 0.468 e. The van der Waals surface area contributed by atoms with Crippen LogP contribution in [0, 0.1) is 0 Å². The van der Waals surface area contributed by atoms with E-state index in [1.807, 2.05) is 37.3 Å². The molecule has 0 amide bonds. The van der Waals surface area contributed by atoms with Gasteiger partial charge in [0.05, 0.1) is 7.11 Å². The van der Waals surface area contributed by atoms with Gasteiger partial charge in [0, 0.05) is 6.42 Å². The van der Waals surface area contributed by atoms with E-state index in [1.54, 1.807) is 6.08 Å². The number of rotatable bonds is 2. The third kappa shape index (κ3) is 2.08. The highest BCUT2D eigenvalue weighted by Crippen LogP contribution is 2.39. The molecule has 0 unspecified atom stereocenters. The van der Waals surface area contributed by atoms with E-state index < -0.39 is 5.41 Å². The molecular formula is C15H16O3. The summed E-state index contributed by atoms with van der Waals surface area (Å²) in [4.78, 5) is 24.0. The van der Waals surface area contributed by atoms with Crippen LogP contribution in [0.15, 0.2) is 42.0 Å². The van der Waals surface area contributed by atoms with Gasteiger partial charge in [0.25, 0.3) is 0 Å². The molecule has 0 N–H and O–H groups in total. The van der Waals surface area contributed by atoms with Crippen molar-refractivity contribution in [3.8, 4) is 0 Å². The van der Waals surface area contributed by atoms with Gasteiger partial charge >= 0.3 is 5.97 Å². The Bertz CT molecular complexity index is 502. The molecule has 0 aromatic heterocycles. The average Bonchev–Trinajstić information content (AvgIpc) is 2.37. The first-order chi connectivity index (χ1) is 8.58. The van der Waals surface area contributed by atoms with Crippen LogP contribution in [-0.4, -0.2) is 18.9 Å². The number of hydrogen-bond acceptors (Lipinski definition) is 3. The molecule has 0 spiro atoms. The van der Waals surface area contributed by atoms with Crippen LogP contribution in [0.1, 0.15) is 25.3 Å². The number of benzene rings is 1. The first-order valence-corrected chi connectivity index (χ1v) is 5.92. The van der Waals surface area contributed by atoms with Crippen LogP contribution in [0.2, 0.25) is 0 Å². The Kier molecular flexibility index (Phi) is 3.32. The van der Waals surface area contributed by atoms with Crippen molar-refractivity contribution < 1.29 is 14.3 Å². The van der Waals surface area contributed by atoms with Crippen LogP contribution in [-0.2, 0) is 19.7 Å². The summed E-state index contributed by atoms with van der Waals surface area (Å²) in [6, 6.07) is 9.39. The molecule has 3 heteroatoms. The molecule has 0 aliphatic heterocycles. The smallest absolute Gasteiger partial charge is 0.317 e. The minimum Gasteiger partial charge on any atom is -0.468 e. The lowest BCUT2D eigenvalue weighted by molar-refractivity contribution is -0.149. The van der Waals surface area contributed by atoms with Gasteiger partial charge in [-0.2, -0.15) is 0 Å². The second-order valence-electron chi connectivity index (χ2n) is 4.75. The van der Waals surface area contributed by atoms with Crippen molar-refractivity contribution in [1.82, 2.24) is 0 Å². The van der Waals surface area contributed by atoms with Crippen LogP contribution in [0.4, 0.5) is 0 Å². The molecule has 1 aliphatic rings. The highest BCUT2D eigenvalue weighted by Gasteiger charge is 2.44. The number of carbonyl (C=O) groups excluding carboxylic acids is 2. The van der Waals surface area contributed by atoms with Crippen molar-refractivity contribution in [2.45, 2.75) is 25.2 Å². The van der Waals surface area contributed by atoms with Gasteiger partial charge in [-0.15, -0.1) is 0 Å². The van der Waals surface area contributed by atoms with E-state index in [2.05, 4.69) is 0 Å². The predicted octanol–water partition coefficient (Wildman–Crippen LogP) is 2.41. The van der Waals surface area contributed by atoms with Crippen molar-refractivity contribution in [3.05, 3.63) is 47.5 Å². The molecule has 2 rings (SSSR count). The Labute approximate surface area is 106 Å². The molecule has 1 aromatic carbocycles. The lowest BCUT2D eigenvalue weighted by atomic mass is 9.69. The molecule has 18 heavy (non-hydrogen) atoms. The Hall–Kier alpha value is -1.90. The number of ketones is 1. The summed E-state index contributed by atoms with van der Waals surface area (Å²) in [5.74, 6) is -0.359. The van der Waals surface area contributed by atoms with Gasteiger partial charge in [-0.1, -0.05) is 35.9 Å². The molecule has 94 valence electrons. The van der Waals surface area contributed by atoms with E-state index in [0.29, 0.717) is 6.42 Å². The fourth-order valence-corrected chi connectivity index (χ4v) is 2.63. The maximum absolute atomic E-state index is 12.2. The minimum atomic E-state index is -0.855. The average molecular weight is 244 g/mol. The van der Waals surface area contributed by atoms with Crippen LogP contribution in [0.5, 0.6) is 0 Å². The summed E-state index contributed by atoms with van der Waals surface area (Å²) in [7, 11) is 1.37. The fourth-order valence-electron chi connectivity index (χ4n) is 2.63. The zero-order valence-corrected chi connectivity index (χ0v) is 10.6. The summed E-state index contributed by atoms with van der Waals surface area (Å²) in [5, 5.41) is 0. The third-order valence-corrected chi connectivity index (χ3v) is 3.37. The molecule has 0 saturated carbocycles. The molecule has 0 saturated heterocycles. The zero-order valence-electron chi connectivity index (χ0n) is 10.6. The summed E-state index contributed by atoms with van der Waals surface area (Å²) in [5.41, 5.74) is 0.907. The van der Waals surface area contributed by atoms with E-state index in [1.165, 1.54) is 7.11 Å². The topological polar surface area (TPSA) is 43.4 Å². The maximum Gasteiger partial charge on any atom is 0.317 e. The molecule has 0 radical (unpaired) electrons. The molecular weight excluding hydrogens is 228 g/mol. The monoisotopic (exact) mass is 244 g/mol. The lowest BCUT2D eigenvalue weighted by Gasteiger charge is -2.33. The summed E-state index contributed by atoms with van der Waals surface area (Å²) < 4.78 is 4.93. The zero-order chi connectivity index (χ0) is 13.2. The first kappa shape index (κ1) is 12.6. The van der Waals surface area contributed by atoms with Crippen molar-refractivity contribution in [2.24, 2.45) is 0 Å². The van der Waals surface area contributed by atoms with E-state index in [0.717, 1.165) is 11.1 Å². The highest BCUT2D eigenvalue weighted by molar-refractivity contribution is 5.99. The van der Waals surface area contributed by atoms with Crippen LogP contribution < -0.4 is 0 Å². The van der Waals surface area contributed by atoms with E-state index >= 15 is 0 Å². The normalized spacial score (nSPS) is 23.4. The summed E-state index contributed by atoms with van der Waals surface area (Å²) in [6.07, 6.45) is 2.33. The van der Waals surface area contributed by atoms with Gasteiger partial charge in [-0.3, -0.25) is 9.59 Å². The van der Waals surface area contributed by atoms with Gasteiger partial charge in [0.2, 0.25) is 0 Å². The Balaban J connectivity index is 2.53. The minimum absolute atomic E-state index is 0.0204. The molecule has 1 aromatic rings. The van der Waals surface area contributed by atoms with Crippen LogP contribution in [0.25, 0.3) is 0 Å². The Morgan fingerprint density at radius 1 is 1.22 bits per heavy atom. The number of esters is 1. The standard InChI is InChI=1S/C15H16O3/c1-11-8-13(16)10-15(9-11,14(17)18-2)12-6-4-3-5-7-12/h3-8H,9-10H2,1-2H3/t15-/m0/s1. The van der Waals surface area contributed by atoms with Gasteiger partial charge in [0.15, 0.2) is 5.78 Å². The quantitative estimate of drug-likeness (QED) is 0.750. The van der Waals surface area contributed by atoms with E-state index in [-0.39, 0.29) is 18.2 Å². The highest BCUT2D eigenvalue weighted by atomic mass is 16.5. The summed E-state index contributed by atoms with van der Waals surface area (Å²) >= 11 is 0. The van der Waals surface area contributed by atoms with Gasteiger partial charge < -0.3 is 4.74 Å². The molecule has 3 nitrogen and oxygen atoms in total. The SMILES string of the molecule is COC(=O)[C@]1(c2ccccc2)CC(=O)C=C(C)C1. The van der Waals surface area contributed by atoms with Crippen LogP contribution in [0.3, 0.4) is 0 Å². The number of methoxy groups -OCH3 is 1. The van der Waals surface area contributed by atoms with Crippen molar-refractivity contribution in [1.29, 1.82) is 0 Å². The summed E-state index contributed by atoms with van der Waals surface area (Å²) in [6.45, 7) is 1.87. The second kappa shape index (κ2) is 4.77. The van der Waals surface area contributed by atoms with Crippen molar-refractivity contribution in [3.63, 3.8) is 0 Å². The lowest BCUT2D eigenvalue weighted by Crippen LogP contribution is -2.41. The second-order valence-corrected chi connectivity index (χ2v) is 4.75. The number of ether oxygens (including phenoxy) is 1. The predicted molar refractivity (Wildman–Crippen MR) is 68.1 cm³/mol. The Morgan fingerprint density at radius 2 is 1.89 bits per heavy atom. The molecule has 1 aliphatic carbocycles. The van der Waals surface area contributed by atoms with E-state index in [4.69, 9.17) is 4.74 Å². The van der Waals surface area contributed by atoms with Gasteiger partial charge in [-0.25, -0.2) is 0 Å². The number of allylic oxidation sites excluding steroid dienone is 2. The van der Waals surface area contributed by atoms with Gasteiger partial charge in [0.1, 0.15) is 5.41 Å². The fraction of sp³-hybridized carbons (Fsp3) is 0.333. The molecule has 0 bridgehead atoms. The van der Waals surface area contributed by atoms with Crippen molar-refractivity contribution in [2.75, 3.05) is 7.11 Å². The van der Waals surface area contributed by atoms with Crippen LogP contribution >= 0.6 is 0 Å². The number of hydrogen-bond donors (Lipinski definition) is 0. The maximum atomic E-state index is 12.2. The Morgan fingerprint density at radius 3 is 2.44 bits per heavy atom. The number of carbonyl (C=O) groups is 2. The molecule has 0 fully saturated rings. The van der Waals surface area contributed by atoms with Crippen molar-refractivity contribution >= 4 is 11.8 Å². The van der Waals surface area contributed by atoms with Gasteiger partial charge in [-0.05, 0) is 25.0 Å². The third-order valence-electron chi connectivity index (χ3n) is 3.37. The molecule has 0 heterocycles.